The highest BCUT2D eigenvalue weighted by molar-refractivity contribution is 6.48. The quantitative estimate of drug-likeness (QED) is 0.647. The number of aliphatic hydroxyl groups excluding tert-OH is 2. The van der Waals surface area contributed by atoms with Gasteiger partial charge < -0.3 is 10.2 Å². The molecule has 0 aromatic rings. The van der Waals surface area contributed by atoms with E-state index in [1.165, 1.54) is 0 Å². The molecule has 0 aliphatic heterocycles. The SMILES string of the molecule is CC1(C)C(O)CC[C@]2(C)[C@H]3C=CC4=C(O)C(=O)C(=O)[C@@]4(C)[C@]3(C)CC[C@@H]12. The van der Waals surface area contributed by atoms with Crippen LogP contribution in [0.2, 0.25) is 0 Å². The standard InChI is InChI=1S/C22H30O4/c1-19(2)13-8-11-21(4)14(20(13,3)10-9-15(19)23)7-6-12-16(24)17(25)18(26)22(12,21)5/h6-7,13-15,23-24H,8-11H2,1-5H3/t13-,14+,15?,20-,21+,22-/m0/s1. The fourth-order valence-electron chi connectivity index (χ4n) is 7.29. The van der Waals surface area contributed by atoms with E-state index < -0.39 is 22.4 Å². The molecule has 4 aliphatic carbocycles. The maximum Gasteiger partial charge on any atom is 0.264 e. The van der Waals surface area contributed by atoms with Crippen LogP contribution in [0.5, 0.6) is 0 Å². The lowest BCUT2D eigenvalue weighted by atomic mass is 9.37. The molecule has 4 aliphatic rings. The number of hydrogen-bond donors (Lipinski definition) is 2. The number of ketones is 2. The molecular weight excluding hydrogens is 328 g/mol. The van der Waals surface area contributed by atoms with Gasteiger partial charge >= 0.3 is 0 Å². The van der Waals surface area contributed by atoms with Crippen LogP contribution in [0.25, 0.3) is 0 Å². The van der Waals surface area contributed by atoms with E-state index in [0.29, 0.717) is 11.5 Å². The highest BCUT2D eigenvalue weighted by Gasteiger charge is 2.69. The van der Waals surface area contributed by atoms with Crippen molar-refractivity contribution in [3.8, 4) is 0 Å². The molecular formula is C22H30O4. The molecule has 2 saturated carbocycles. The van der Waals surface area contributed by atoms with E-state index in [1.54, 1.807) is 0 Å². The topological polar surface area (TPSA) is 74.6 Å². The van der Waals surface area contributed by atoms with Crippen molar-refractivity contribution in [1.82, 2.24) is 0 Å². The Morgan fingerprint density at radius 3 is 2.35 bits per heavy atom. The number of rotatable bonds is 0. The Hall–Kier alpha value is -1.42. The Morgan fingerprint density at radius 2 is 1.69 bits per heavy atom. The lowest BCUT2D eigenvalue weighted by Crippen LogP contribution is -2.63. The minimum atomic E-state index is -0.957. The fourth-order valence-corrected chi connectivity index (χ4v) is 7.29. The first-order chi connectivity index (χ1) is 11.9. The number of allylic oxidation sites excluding steroid dienone is 4. The smallest absolute Gasteiger partial charge is 0.264 e. The van der Waals surface area contributed by atoms with Crippen LogP contribution < -0.4 is 0 Å². The average molecular weight is 358 g/mol. The molecule has 6 atom stereocenters. The zero-order valence-electron chi connectivity index (χ0n) is 16.4. The fraction of sp³-hybridized carbons (Fsp3) is 0.727. The minimum absolute atomic E-state index is 0.0394. The van der Waals surface area contributed by atoms with Gasteiger partial charge in [0.1, 0.15) is 0 Å². The summed E-state index contributed by atoms with van der Waals surface area (Å²) in [6.07, 6.45) is 7.07. The van der Waals surface area contributed by atoms with E-state index in [9.17, 15) is 19.8 Å². The molecule has 4 heteroatoms. The molecule has 4 rings (SSSR count). The van der Waals surface area contributed by atoms with Gasteiger partial charge in [-0.3, -0.25) is 9.59 Å². The van der Waals surface area contributed by atoms with E-state index >= 15 is 0 Å². The van der Waals surface area contributed by atoms with Crippen LogP contribution in [0.1, 0.15) is 60.3 Å². The lowest BCUT2D eigenvalue weighted by molar-refractivity contribution is -0.181. The monoisotopic (exact) mass is 358 g/mol. The van der Waals surface area contributed by atoms with E-state index in [4.69, 9.17) is 0 Å². The zero-order chi connectivity index (χ0) is 19.3. The number of carbonyl (C=O) groups excluding carboxylic acids is 2. The van der Waals surface area contributed by atoms with Crippen LogP contribution in [0.4, 0.5) is 0 Å². The summed E-state index contributed by atoms with van der Waals surface area (Å²) < 4.78 is 0. The van der Waals surface area contributed by atoms with Crippen LogP contribution in [0.15, 0.2) is 23.5 Å². The molecule has 0 heterocycles. The normalized spacial score (nSPS) is 49.7. The van der Waals surface area contributed by atoms with Crippen molar-refractivity contribution >= 4 is 11.6 Å². The number of aliphatic hydroxyl groups is 2. The second-order valence-electron chi connectivity index (χ2n) is 10.3. The molecule has 0 aromatic carbocycles. The van der Waals surface area contributed by atoms with Gasteiger partial charge in [-0.05, 0) is 60.7 Å². The largest absolute Gasteiger partial charge is 0.504 e. The third-order valence-corrected chi connectivity index (χ3v) is 9.13. The van der Waals surface area contributed by atoms with Gasteiger partial charge in [0.25, 0.3) is 5.78 Å². The minimum Gasteiger partial charge on any atom is -0.504 e. The average Bonchev–Trinajstić information content (AvgIpc) is 2.74. The third kappa shape index (κ3) is 1.70. The molecule has 0 spiro atoms. The summed E-state index contributed by atoms with van der Waals surface area (Å²) in [4.78, 5) is 25.2. The van der Waals surface area contributed by atoms with Crippen molar-refractivity contribution in [2.75, 3.05) is 0 Å². The summed E-state index contributed by atoms with van der Waals surface area (Å²) in [5, 5.41) is 20.9. The Kier molecular flexibility index (Phi) is 3.38. The lowest BCUT2D eigenvalue weighted by Gasteiger charge is -2.66. The third-order valence-electron chi connectivity index (χ3n) is 9.13. The van der Waals surface area contributed by atoms with Gasteiger partial charge in [0.2, 0.25) is 5.78 Å². The zero-order valence-corrected chi connectivity index (χ0v) is 16.4. The van der Waals surface area contributed by atoms with Crippen molar-refractivity contribution in [2.45, 2.75) is 66.4 Å². The van der Waals surface area contributed by atoms with Crippen LogP contribution in [0, 0.1) is 33.5 Å². The van der Waals surface area contributed by atoms with Crippen molar-refractivity contribution in [3.63, 3.8) is 0 Å². The summed E-state index contributed by atoms with van der Waals surface area (Å²) in [7, 11) is 0. The summed E-state index contributed by atoms with van der Waals surface area (Å²) in [6, 6.07) is 0. The van der Waals surface area contributed by atoms with Gasteiger partial charge in [-0.25, -0.2) is 0 Å². The van der Waals surface area contributed by atoms with Crippen molar-refractivity contribution in [1.29, 1.82) is 0 Å². The Balaban J connectivity index is 1.88. The molecule has 0 aromatic heterocycles. The molecule has 2 N–H and O–H groups in total. The highest BCUT2D eigenvalue weighted by Crippen LogP contribution is 2.71. The first-order valence-corrected chi connectivity index (χ1v) is 9.81. The van der Waals surface area contributed by atoms with Crippen LogP contribution >= 0.6 is 0 Å². The number of carbonyl (C=O) groups is 2. The second-order valence-corrected chi connectivity index (χ2v) is 10.3. The predicted octanol–water partition coefficient (Wildman–Crippen LogP) is 3.75. The molecule has 0 radical (unpaired) electrons. The molecule has 1 unspecified atom stereocenters. The van der Waals surface area contributed by atoms with E-state index in [1.807, 2.05) is 13.0 Å². The van der Waals surface area contributed by atoms with Crippen LogP contribution in [-0.4, -0.2) is 27.9 Å². The van der Waals surface area contributed by atoms with Crippen LogP contribution in [0.3, 0.4) is 0 Å². The van der Waals surface area contributed by atoms with Crippen molar-refractivity contribution in [2.24, 2.45) is 33.5 Å². The van der Waals surface area contributed by atoms with Gasteiger partial charge in [-0.2, -0.15) is 0 Å². The van der Waals surface area contributed by atoms with Gasteiger partial charge in [-0.1, -0.05) is 39.8 Å². The van der Waals surface area contributed by atoms with E-state index in [-0.39, 0.29) is 28.6 Å². The van der Waals surface area contributed by atoms with Crippen LogP contribution in [-0.2, 0) is 9.59 Å². The molecule has 26 heavy (non-hydrogen) atoms. The first kappa shape index (κ1) is 18.0. The number of fused-ring (bicyclic) bond motifs is 5. The number of Topliss-reactive ketones (excluding diaryl/α,β-unsaturated/α-hetero) is 2. The summed E-state index contributed by atoms with van der Waals surface area (Å²) in [5.74, 6) is -1.06. The molecule has 0 saturated heterocycles. The van der Waals surface area contributed by atoms with E-state index in [0.717, 1.165) is 25.7 Å². The molecule has 142 valence electrons. The van der Waals surface area contributed by atoms with Gasteiger partial charge in [0.15, 0.2) is 5.76 Å². The molecule has 0 amide bonds. The highest BCUT2D eigenvalue weighted by atomic mass is 16.3. The summed E-state index contributed by atoms with van der Waals surface area (Å²) in [5.41, 5.74) is -1.07. The second kappa shape index (κ2) is 4.89. The van der Waals surface area contributed by atoms with Crippen molar-refractivity contribution < 1.29 is 19.8 Å². The molecule has 0 bridgehead atoms. The maximum absolute atomic E-state index is 13.0. The summed E-state index contributed by atoms with van der Waals surface area (Å²) in [6.45, 7) is 10.6. The van der Waals surface area contributed by atoms with Gasteiger partial charge in [0.05, 0.1) is 11.5 Å². The molecule has 4 nitrogen and oxygen atoms in total. The maximum atomic E-state index is 13.0. The molecule has 2 fully saturated rings. The Morgan fingerprint density at radius 1 is 1.04 bits per heavy atom. The number of hydrogen-bond acceptors (Lipinski definition) is 4. The Labute approximate surface area is 155 Å². The van der Waals surface area contributed by atoms with Crippen molar-refractivity contribution in [3.05, 3.63) is 23.5 Å². The Bertz CT molecular complexity index is 775. The first-order valence-electron chi connectivity index (χ1n) is 9.81. The van der Waals surface area contributed by atoms with Gasteiger partial charge in [0, 0.05) is 5.57 Å². The predicted molar refractivity (Wildman–Crippen MR) is 98.4 cm³/mol. The van der Waals surface area contributed by atoms with E-state index in [2.05, 4.69) is 33.8 Å². The van der Waals surface area contributed by atoms with Gasteiger partial charge in [-0.15, -0.1) is 0 Å². The summed E-state index contributed by atoms with van der Waals surface area (Å²) >= 11 is 0.